The number of anilines is 1. The normalized spacial score (nSPS) is 10.2. The Morgan fingerprint density at radius 2 is 2.30 bits per heavy atom. The van der Waals surface area contributed by atoms with Crippen molar-refractivity contribution in [3.8, 4) is 0 Å². The lowest BCUT2D eigenvalue weighted by Gasteiger charge is -2.10. The number of nitro groups is 1. The fourth-order valence-corrected chi connectivity index (χ4v) is 2.26. The van der Waals surface area contributed by atoms with Gasteiger partial charge in [-0.2, -0.15) is 0 Å². The Balaban J connectivity index is 2.35. The Hall–Kier alpha value is -2.48. The van der Waals surface area contributed by atoms with Crippen molar-refractivity contribution in [2.24, 2.45) is 0 Å². The molecule has 1 aromatic carbocycles. The van der Waals surface area contributed by atoms with E-state index < -0.39 is 10.9 Å². The number of hydrogen-bond donors (Lipinski definition) is 2. The van der Waals surface area contributed by atoms with E-state index in [-0.39, 0.29) is 11.3 Å². The number of nitrogens with zero attached hydrogens (tertiary/aromatic N) is 2. The summed E-state index contributed by atoms with van der Waals surface area (Å²) in [5, 5.41) is 25.6. The van der Waals surface area contributed by atoms with Gasteiger partial charge < -0.3 is 10.4 Å². The van der Waals surface area contributed by atoms with E-state index >= 15 is 0 Å². The topological polar surface area (TPSA) is 105 Å². The maximum absolute atomic E-state index is 11.0. The lowest BCUT2D eigenvalue weighted by molar-refractivity contribution is -0.385. The number of carbonyl (C=O) groups is 1. The predicted molar refractivity (Wildman–Crippen MR) is 74.2 cm³/mol. The van der Waals surface area contributed by atoms with Gasteiger partial charge in [0.05, 0.1) is 17.0 Å². The number of benzene rings is 1. The number of aromatic carboxylic acids is 1. The van der Waals surface area contributed by atoms with Crippen LogP contribution >= 0.6 is 11.3 Å². The minimum Gasteiger partial charge on any atom is -0.478 e. The molecule has 0 aliphatic rings. The molecule has 0 saturated carbocycles. The van der Waals surface area contributed by atoms with Crippen LogP contribution in [0.1, 0.15) is 20.9 Å². The van der Waals surface area contributed by atoms with E-state index in [0.717, 1.165) is 11.1 Å². The van der Waals surface area contributed by atoms with E-state index in [1.165, 1.54) is 17.4 Å². The van der Waals surface area contributed by atoms with Gasteiger partial charge in [0.25, 0.3) is 5.69 Å². The molecule has 1 aromatic heterocycles. The molecule has 0 atom stereocenters. The Morgan fingerprint density at radius 1 is 1.55 bits per heavy atom. The third kappa shape index (κ3) is 2.91. The molecule has 0 aliphatic heterocycles. The van der Waals surface area contributed by atoms with Crippen molar-refractivity contribution in [1.82, 2.24) is 4.98 Å². The number of thiazole rings is 1. The second-order valence-electron chi connectivity index (χ2n) is 4.01. The third-order valence-electron chi connectivity index (χ3n) is 2.74. The highest BCUT2D eigenvalue weighted by atomic mass is 32.1. The van der Waals surface area contributed by atoms with Crippen molar-refractivity contribution in [2.75, 3.05) is 5.32 Å². The maximum atomic E-state index is 11.0. The molecule has 0 saturated heterocycles. The standard InChI is InChI=1S/C12H11N3O4S/c1-7-9(14-6-11-13-2-3-20-11)4-8(12(16)17)5-10(7)15(18)19/h2-5,14H,6H2,1H3,(H,16,17). The summed E-state index contributed by atoms with van der Waals surface area (Å²) in [5.74, 6) is -1.20. The van der Waals surface area contributed by atoms with Crippen molar-refractivity contribution < 1.29 is 14.8 Å². The monoisotopic (exact) mass is 293 g/mol. The fraction of sp³-hybridized carbons (Fsp3) is 0.167. The van der Waals surface area contributed by atoms with Crippen LogP contribution in [0.15, 0.2) is 23.7 Å². The lowest BCUT2D eigenvalue weighted by Crippen LogP contribution is -2.06. The van der Waals surface area contributed by atoms with Gasteiger partial charge in [-0.15, -0.1) is 11.3 Å². The second-order valence-corrected chi connectivity index (χ2v) is 4.99. The molecular weight excluding hydrogens is 282 g/mol. The molecule has 104 valence electrons. The molecular formula is C12H11N3O4S. The highest BCUT2D eigenvalue weighted by molar-refractivity contribution is 7.09. The van der Waals surface area contributed by atoms with Gasteiger partial charge in [-0.1, -0.05) is 0 Å². The molecule has 0 fully saturated rings. The molecule has 8 heteroatoms. The highest BCUT2D eigenvalue weighted by Gasteiger charge is 2.19. The van der Waals surface area contributed by atoms with Crippen LogP contribution in [-0.4, -0.2) is 21.0 Å². The van der Waals surface area contributed by atoms with Crippen LogP contribution in [0.2, 0.25) is 0 Å². The molecule has 7 nitrogen and oxygen atoms in total. The molecule has 2 aromatic rings. The predicted octanol–water partition coefficient (Wildman–Crippen LogP) is 2.67. The van der Waals surface area contributed by atoms with Crippen LogP contribution < -0.4 is 5.32 Å². The summed E-state index contributed by atoms with van der Waals surface area (Å²) in [6, 6.07) is 2.45. The van der Waals surface area contributed by atoms with Gasteiger partial charge in [-0.05, 0) is 13.0 Å². The largest absolute Gasteiger partial charge is 0.478 e. The van der Waals surface area contributed by atoms with Crippen LogP contribution in [0.25, 0.3) is 0 Å². The molecule has 0 spiro atoms. The first-order valence-electron chi connectivity index (χ1n) is 5.63. The summed E-state index contributed by atoms with van der Waals surface area (Å²) < 4.78 is 0. The summed E-state index contributed by atoms with van der Waals surface area (Å²) >= 11 is 1.45. The van der Waals surface area contributed by atoms with Crippen LogP contribution in [0.4, 0.5) is 11.4 Å². The van der Waals surface area contributed by atoms with E-state index in [4.69, 9.17) is 5.11 Å². The summed E-state index contributed by atoms with van der Waals surface area (Å²) in [6.45, 7) is 1.96. The third-order valence-corrected chi connectivity index (χ3v) is 3.52. The van der Waals surface area contributed by atoms with Crippen molar-refractivity contribution in [1.29, 1.82) is 0 Å². The SMILES string of the molecule is Cc1c(NCc2nccs2)cc(C(=O)O)cc1[N+](=O)[O-]. The summed E-state index contributed by atoms with van der Waals surface area (Å²) in [6.07, 6.45) is 1.66. The molecule has 20 heavy (non-hydrogen) atoms. The summed E-state index contributed by atoms with van der Waals surface area (Å²) in [7, 11) is 0. The minimum atomic E-state index is -1.20. The Kier molecular flexibility index (Phi) is 3.94. The zero-order valence-corrected chi connectivity index (χ0v) is 11.3. The van der Waals surface area contributed by atoms with E-state index in [1.807, 2.05) is 5.38 Å². The van der Waals surface area contributed by atoms with Crippen LogP contribution in [-0.2, 0) is 6.54 Å². The number of rotatable bonds is 5. The zero-order valence-electron chi connectivity index (χ0n) is 10.5. The van der Waals surface area contributed by atoms with Gasteiger partial charge in [0, 0.05) is 28.9 Å². The van der Waals surface area contributed by atoms with Gasteiger partial charge in [-0.3, -0.25) is 10.1 Å². The lowest BCUT2D eigenvalue weighted by atomic mass is 10.1. The van der Waals surface area contributed by atoms with Crippen LogP contribution in [0.5, 0.6) is 0 Å². The summed E-state index contributed by atoms with van der Waals surface area (Å²) in [5.41, 5.74) is 0.485. The van der Waals surface area contributed by atoms with E-state index in [9.17, 15) is 14.9 Å². The van der Waals surface area contributed by atoms with Gasteiger partial charge in [0.2, 0.25) is 0 Å². The second kappa shape index (κ2) is 5.66. The van der Waals surface area contributed by atoms with E-state index in [0.29, 0.717) is 17.8 Å². The van der Waals surface area contributed by atoms with Gasteiger partial charge in [-0.25, -0.2) is 9.78 Å². The molecule has 1 heterocycles. The fourth-order valence-electron chi connectivity index (χ4n) is 1.71. The van der Waals surface area contributed by atoms with Gasteiger partial charge in [0.15, 0.2) is 0 Å². The number of nitro benzene ring substituents is 1. The zero-order chi connectivity index (χ0) is 14.7. The first-order chi connectivity index (χ1) is 9.49. The van der Waals surface area contributed by atoms with Gasteiger partial charge >= 0.3 is 5.97 Å². The first kappa shape index (κ1) is 13.9. The van der Waals surface area contributed by atoms with Crippen LogP contribution in [0.3, 0.4) is 0 Å². The molecule has 2 rings (SSSR count). The van der Waals surface area contributed by atoms with Crippen molar-refractivity contribution in [3.63, 3.8) is 0 Å². The quantitative estimate of drug-likeness (QED) is 0.648. The molecule has 0 unspecified atom stereocenters. The Morgan fingerprint density at radius 3 is 2.85 bits per heavy atom. The number of carboxylic acid groups (broad SMARTS) is 1. The first-order valence-corrected chi connectivity index (χ1v) is 6.51. The van der Waals surface area contributed by atoms with Gasteiger partial charge in [0.1, 0.15) is 5.01 Å². The maximum Gasteiger partial charge on any atom is 0.336 e. The molecule has 0 radical (unpaired) electrons. The number of carboxylic acids is 1. The summed E-state index contributed by atoms with van der Waals surface area (Å²) in [4.78, 5) is 25.5. The van der Waals surface area contributed by atoms with E-state index in [2.05, 4.69) is 10.3 Å². The number of hydrogen-bond acceptors (Lipinski definition) is 6. The Bertz CT molecular complexity index is 655. The molecule has 0 bridgehead atoms. The molecule has 2 N–H and O–H groups in total. The molecule has 0 amide bonds. The van der Waals surface area contributed by atoms with E-state index in [1.54, 1.807) is 13.1 Å². The van der Waals surface area contributed by atoms with Crippen molar-refractivity contribution >= 4 is 28.7 Å². The number of nitrogens with one attached hydrogen (secondary N) is 1. The number of aromatic nitrogens is 1. The van der Waals surface area contributed by atoms with Crippen molar-refractivity contribution in [2.45, 2.75) is 13.5 Å². The van der Waals surface area contributed by atoms with Crippen molar-refractivity contribution in [3.05, 3.63) is 50.0 Å². The Labute approximate surface area is 118 Å². The average Bonchev–Trinajstić information content (AvgIpc) is 2.90. The van der Waals surface area contributed by atoms with Crippen LogP contribution in [0, 0.1) is 17.0 Å². The average molecular weight is 293 g/mol. The highest BCUT2D eigenvalue weighted by Crippen LogP contribution is 2.28. The smallest absolute Gasteiger partial charge is 0.336 e. The minimum absolute atomic E-state index is 0.121. The molecule has 0 aliphatic carbocycles.